The largest absolute Gasteiger partial charge is 0.486 e. The minimum absolute atomic E-state index is 0.391. The van der Waals surface area contributed by atoms with Gasteiger partial charge in [-0.25, -0.2) is 4.98 Å². The van der Waals surface area contributed by atoms with Crippen molar-refractivity contribution in [2.24, 2.45) is 0 Å². The van der Waals surface area contributed by atoms with E-state index in [1.165, 1.54) is 0 Å². The lowest BCUT2D eigenvalue weighted by molar-refractivity contribution is 0.290. The number of halogens is 3. The van der Waals surface area contributed by atoms with Crippen molar-refractivity contribution in [2.75, 3.05) is 7.11 Å². The van der Waals surface area contributed by atoms with E-state index in [0.29, 0.717) is 12.5 Å². The molecule has 0 N–H and O–H groups in total. The smallest absolute Gasteiger partial charge is 0.219 e. The predicted octanol–water partition coefficient (Wildman–Crippen LogP) is 5.09. The summed E-state index contributed by atoms with van der Waals surface area (Å²) < 4.78 is 12.9. The molecule has 0 amide bonds. The molecule has 0 unspecified atom stereocenters. The first kappa shape index (κ1) is 15.8. The van der Waals surface area contributed by atoms with Gasteiger partial charge in [0.1, 0.15) is 12.4 Å². The molecule has 0 aliphatic heterocycles. The summed E-state index contributed by atoms with van der Waals surface area (Å²) in [5, 5.41) is 0.793. The third-order valence-corrected chi connectivity index (χ3v) is 4.45. The van der Waals surface area contributed by atoms with Crippen LogP contribution in [0.1, 0.15) is 11.1 Å². The molecule has 0 saturated carbocycles. The lowest BCUT2D eigenvalue weighted by Crippen LogP contribution is -2.01. The van der Waals surface area contributed by atoms with E-state index in [-0.39, 0.29) is 0 Å². The Hall–Kier alpha value is -0.590. The molecule has 0 radical (unpaired) electrons. The second-order valence-corrected chi connectivity index (χ2v) is 6.25. The maximum Gasteiger partial charge on any atom is 0.219 e. The van der Waals surface area contributed by atoms with Gasteiger partial charge >= 0.3 is 0 Å². The number of ether oxygens (including phenoxy) is 2. The highest BCUT2D eigenvalue weighted by Gasteiger charge is 2.11. The average Bonchev–Trinajstić information content (AvgIpc) is 2.46. The summed E-state index contributed by atoms with van der Waals surface area (Å²) in [7, 11) is 1.60. The van der Waals surface area contributed by atoms with Gasteiger partial charge < -0.3 is 9.47 Å². The molecule has 20 heavy (non-hydrogen) atoms. The molecule has 1 aromatic carbocycles. The fourth-order valence-corrected chi connectivity index (χ4v) is 3.53. The summed E-state index contributed by atoms with van der Waals surface area (Å²) in [6.07, 6.45) is 1.69. The minimum atomic E-state index is 0.391. The highest BCUT2D eigenvalue weighted by atomic mass is 79.9. The van der Waals surface area contributed by atoms with E-state index in [9.17, 15) is 0 Å². The fourth-order valence-electron chi connectivity index (χ4n) is 1.70. The van der Waals surface area contributed by atoms with Crippen molar-refractivity contribution in [1.29, 1.82) is 0 Å². The fraction of sp³-hybridized carbons (Fsp3) is 0.214. The van der Waals surface area contributed by atoms with Crippen molar-refractivity contribution in [3.63, 3.8) is 0 Å². The molecule has 0 bridgehead atoms. The molecule has 0 fully saturated rings. The Morgan fingerprint density at radius 2 is 1.90 bits per heavy atom. The number of hydrogen-bond acceptors (Lipinski definition) is 3. The summed E-state index contributed by atoms with van der Waals surface area (Å²) in [5.41, 5.74) is 2.06. The SMILES string of the molecule is COc1ncccc1COc1c(Br)cc(CBr)cc1Br. The number of nitrogens with zero attached hydrogens (tertiary/aromatic N) is 1. The first-order chi connectivity index (χ1) is 9.65. The van der Waals surface area contributed by atoms with Gasteiger partial charge in [-0.3, -0.25) is 0 Å². The van der Waals surface area contributed by atoms with Gasteiger partial charge in [-0.15, -0.1) is 0 Å². The van der Waals surface area contributed by atoms with Crippen LogP contribution in [0, 0.1) is 0 Å². The number of rotatable bonds is 5. The Morgan fingerprint density at radius 1 is 1.20 bits per heavy atom. The quantitative estimate of drug-likeness (QED) is 0.576. The van der Waals surface area contributed by atoms with E-state index in [0.717, 1.165) is 31.2 Å². The number of alkyl halides is 1. The van der Waals surface area contributed by atoms with Gasteiger partial charge in [0.05, 0.1) is 21.6 Å². The zero-order valence-electron chi connectivity index (χ0n) is 10.7. The van der Waals surface area contributed by atoms with E-state index in [2.05, 4.69) is 52.8 Å². The molecule has 0 aliphatic rings. The summed E-state index contributed by atoms with van der Waals surface area (Å²) in [6, 6.07) is 7.84. The van der Waals surface area contributed by atoms with Crippen LogP contribution in [0.4, 0.5) is 0 Å². The zero-order chi connectivity index (χ0) is 14.5. The lowest BCUT2D eigenvalue weighted by atomic mass is 10.2. The highest BCUT2D eigenvalue weighted by Crippen LogP contribution is 2.36. The normalized spacial score (nSPS) is 10.4. The standard InChI is InChI=1S/C14H12Br3NO2/c1-19-14-10(3-2-4-18-14)8-20-13-11(16)5-9(7-15)6-12(13)17/h2-6H,7-8H2,1H3. The van der Waals surface area contributed by atoms with Crippen molar-refractivity contribution < 1.29 is 9.47 Å². The second-order valence-electron chi connectivity index (χ2n) is 3.98. The predicted molar refractivity (Wildman–Crippen MR) is 89.6 cm³/mol. The molecule has 3 nitrogen and oxygen atoms in total. The second kappa shape index (κ2) is 7.43. The number of hydrogen-bond donors (Lipinski definition) is 0. The number of aromatic nitrogens is 1. The van der Waals surface area contributed by atoms with Crippen LogP contribution < -0.4 is 9.47 Å². The van der Waals surface area contributed by atoms with Crippen LogP contribution in [0.5, 0.6) is 11.6 Å². The van der Waals surface area contributed by atoms with E-state index < -0.39 is 0 Å². The lowest BCUT2D eigenvalue weighted by Gasteiger charge is -2.13. The van der Waals surface area contributed by atoms with Crippen LogP contribution in [0.2, 0.25) is 0 Å². The van der Waals surface area contributed by atoms with Crippen LogP contribution in [0.25, 0.3) is 0 Å². The van der Waals surface area contributed by atoms with Crippen LogP contribution in [0.15, 0.2) is 39.4 Å². The molecular weight excluding hydrogens is 454 g/mol. The molecule has 2 aromatic rings. The van der Waals surface area contributed by atoms with Crippen molar-refractivity contribution in [3.8, 4) is 11.6 Å². The van der Waals surface area contributed by atoms with Crippen molar-refractivity contribution in [1.82, 2.24) is 4.98 Å². The Balaban J connectivity index is 2.19. The minimum Gasteiger partial charge on any atom is -0.486 e. The summed E-state index contributed by atoms with van der Waals surface area (Å²) in [5.74, 6) is 1.34. The highest BCUT2D eigenvalue weighted by molar-refractivity contribution is 9.11. The molecule has 0 aliphatic carbocycles. The number of benzene rings is 1. The third kappa shape index (κ3) is 3.74. The van der Waals surface area contributed by atoms with E-state index >= 15 is 0 Å². The van der Waals surface area contributed by atoms with Crippen molar-refractivity contribution >= 4 is 47.8 Å². The van der Waals surface area contributed by atoms with Gasteiger partial charge in [0.25, 0.3) is 0 Å². The maximum absolute atomic E-state index is 5.87. The molecule has 0 spiro atoms. The maximum atomic E-state index is 5.87. The van der Waals surface area contributed by atoms with Gasteiger partial charge in [-0.05, 0) is 61.7 Å². The summed E-state index contributed by atoms with van der Waals surface area (Å²) in [4.78, 5) is 4.15. The van der Waals surface area contributed by atoms with Gasteiger partial charge in [-0.1, -0.05) is 15.9 Å². The molecule has 6 heteroatoms. The van der Waals surface area contributed by atoms with Gasteiger partial charge in [-0.2, -0.15) is 0 Å². The summed E-state index contributed by atoms with van der Waals surface area (Å²) >= 11 is 10.5. The molecular formula is C14H12Br3NO2. The van der Waals surface area contributed by atoms with Gasteiger partial charge in [0, 0.05) is 11.5 Å². The molecule has 2 rings (SSSR count). The topological polar surface area (TPSA) is 31.4 Å². The summed E-state index contributed by atoms with van der Waals surface area (Å²) in [6.45, 7) is 0.391. The third-order valence-electron chi connectivity index (χ3n) is 2.63. The molecule has 1 aromatic heterocycles. The van der Waals surface area contributed by atoms with Crippen LogP contribution >= 0.6 is 47.8 Å². The van der Waals surface area contributed by atoms with Crippen molar-refractivity contribution in [3.05, 3.63) is 50.5 Å². The number of pyridine rings is 1. The Bertz CT molecular complexity index is 582. The monoisotopic (exact) mass is 463 g/mol. The van der Waals surface area contributed by atoms with Crippen LogP contribution in [0.3, 0.4) is 0 Å². The molecule has 1 heterocycles. The molecule has 106 valence electrons. The van der Waals surface area contributed by atoms with Crippen LogP contribution in [-0.2, 0) is 11.9 Å². The van der Waals surface area contributed by atoms with Crippen LogP contribution in [-0.4, -0.2) is 12.1 Å². The Kier molecular flexibility index (Phi) is 5.86. The van der Waals surface area contributed by atoms with E-state index in [4.69, 9.17) is 9.47 Å². The molecule has 0 atom stereocenters. The first-order valence-corrected chi connectivity index (χ1v) is 8.51. The Labute approximate surface area is 143 Å². The number of methoxy groups -OCH3 is 1. The van der Waals surface area contributed by atoms with Gasteiger partial charge in [0.15, 0.2) is 0 Å². The van der Waals surface area contributed by atoms with Crippen molar-refractivity contribution in [2.45, 2.75) is 11.9 Å². The molecule has 0 saturated heterocycles. The first-order valence-electron chi connectivity index (χ1n) is 5.80. The van der Waals surface area contributed by atoms with E-state index in [1.54, 1.807) is 13.3 Å². The van der Waals surface area contributed by atoms with E-state index in [1.807, 2.05) is 24.3 Å². The van der Waals surface area contributed by atoms with Gasteiger partial charge in [0.2, 0.25) is 5.88 Å². The Morgan fingerprint density at radius 3 is 2.50 bits per heavy atom. The average molecular weight is 466 g/mol. The zero-order valence-corrected chi connectivity index (χ0v) is 15.5.